The van der Waals surface area contributed by atoms with Crippen molar-refractivity contribution >= 4 is 17.1 Å². The van der Waals surface area contributed by atoms with Gasteiger partial charge in [-0.15, -0.1) is 0 Å². The molecule has 108 valence electrons. The average molecular weight is 283 g/mol. The van der Waals surface area contributed by atoms with E-state index in [2.05, 4.69) is 36.5 Å². The smallest absolute Gasteiger partial charge is 0.269 e. The van der Waals surface area contributed by atoms with Gasteiger partial charge in [0.05, 0.1) is 16.3 Å². The van der Waals surface area contributed by atoms with E-state index in [1.165, 1.54) is 23.3 Å². The fourth-order valence-electron chi connectivity index (χ4n) is 1.84. The third kappa shape index (κ3) is 3.66. The first-order valence-electron chi connectivity index (χ1n) is 6.60. The van der Waals surface area contributed by atoms with E-state index in [4.69, 9.17) is 0 Å². The lowest BCUT2D eigenvalue weighted by Gasteiger charge is -2.06. The van der Waals surface area contributed by atoms with E-state index < -0.39 is 4.92 Å². The van der Waals surface area contributed by atoms with Gasteiger partial charge in [-0.25, -0.2) is 0 Å². The van der Waals surface area contributed by atoms with Gasteiger partial charge >= 0.3 is 0 Å². The fraction of sp³-hybridized carbons (Fsp3) is 0.188. The zero-order valence-corrected chi connectivity index (χ0v) is 12.3. The molecule has 0 aliphatic heterocycles. The number of hydrogen-bond acceptors (Lipinski definition) is 4. The molecule has 2 rings (SSSR count). The minimum Gasteiger partial charge on any atom is -0.278 e. The van der Waals surface area contributed by atoms with Crippen LogP contribution in [0.5, 0.6) is 0 Å². The van der Waals surface area contributed by atoms with Crippen LogP contribution in [0.1, 0.15) is 23.6 Å². The second kappa shape index (κ2) is 6.17. The van der Waals surface area contributed by atoms with Crippen LogP contribution in [0.4, 0.5) is 11.4 Å². The summed E-state index contributed by atoms with van der Waals surface area (Å²) in [7, 11) is 0. The Kier molecular flexibility index (Phi) is 4.33. The number of aryl methyl sites for hydroxylation is 2. The maximum absolute atomic E-state index is 10.6. The Morgan fingerprint density at radius 3 is 2.33 bits per heavy atom. The summed E-state index contributed by atoms with van der Waals surface area (Å²) in [5.41, 5.74) is 8.06. The highest BCUT2D eigenvalue weighted by Gasteiger charge is 2.04. The van der Waals surface area contributed by atoms with E-state index in [9.17, 15) is 10.1 Å². The van der Waals surface area contributed by atoms with Crippen molar-refractivity contribution in [2.45, 2.75) is 20.8 Å². The van der Waals surface area contributed by atoms with E-state index in [0.717, 1.165) is 11.3 Å². The van der Waals surface area contributed by atoms with E-state index >= 15 is 0 Å². The van der Waals surface area contributed by atoms with Gasteiger partial charge in [0.25, 0.3) is 5.69 Å². The molecular formula is C16H17N3O2. The maximum Gasteiger partial charge on any atom is 0.269 e. The molecule has 21 heavy (non-hydrogen) atoms. The van der Waals surface area contributed by atoms with Crippen LogP contribution in [0, 0.1) is 24.0 Å². The molecule has 0 aliphatic carbocycles. The monoisotopic (exact) mass is 283 g/mol. The van der Waals surface area contributed by atoms with Gasteiger partial charge in [-0.05, 0) is 55.7 Å². The number of nitro benzene ring substituents is 1. The Morgan fingerprint density at radius 2 is 1.76 bits per heavy atom. The van der Waals surface area contributed by atoms with Crippen molar-refractivity contribution < 1.29 is 4.92 Å². The molecule has 0 heterocycles. The zero-order chi connectivity index (χ0) is 15.4. The normalized spacial score (nSPS) is 11.3. The van der Waals surface area contributed by atoms with Crippen molar-refractivity contribution in [3.8, 4) is 0 Å². The lowest BCUT2D eigenvalue weighted by atomic mass is 10.0. The highest BCUT2D eigenvalue weighted by atomic mass is 16.6. The number of nitrogens with zero attached hydrogens (tertiary/aromatic N) is 2. The summed E-state index contributed by atoms with van der Waals surface area (Å²) < 4.78 is 0. The number of nitrogens with one attached hydrogen (secondary N) is 1. The summed E-state index contributed by atoms with van der Waals surface area (Å²) in [6.45, 7) is 6.05. The van der Waals surface area contributed by atoms with Crippen molar-refractivity contribution in [1.29, 1.82) is 0 Å². The van der Waals surface area contributed by atoms with Gasteiger partial charge in [-0.1, -0.05) is 12.1 Å². The molecule has 0 saturated heterocycles. The van der Waals surface area contributed by atoms with Crippen LogP contribution >= 0.6 is 0 Å². The standard InChI is InChI=1S/C16H17N3O2/c1-11-4-5-14(10-12(11)2)13(3)17-18-15-6-8-16(9-7-15)19(20)21/h4-10,18H,1-3H3/b17-13+. The average Bonchev–Trinajstić information content (AvgIpc) is 2.48. The molecule has 0 spiro atoms. The summed E-state index contributed by atoms with van der Waals surface area (Å²) in [5, 5.41) is 14.9. The van der Waals surface area contributed by atoms with Crippen LogP contribution in [0.2, 0.25) is 0 Å². The topological polar surface area (TPSA) is 67.5 Å². The summed E-state index contributed by atoms with van der Waals surface area (Å²) in [5.74, 6) is 0. The number of nitro groups is 1. The largest absolute Gasteiger partial charge is 0.278 e. The molecule has 0 aromatic heterocycles. The molecule has 5 nitrogen and oxygen atoms in total. The Bertz CT molecular complexity index is 691. The molecule has 0 bridgehead atoms. The number of non-ortho nitro benzene ring substituents is 1. The van der Waals surface area contributed by atoms with Crippen molar-refractivity contribution in [2.24, 2.45) is 5.10 Å². The van der Waals surface area contributed by atoms with Crippen LogP contribution < -0.4 is 5.43 Å². The first-order valence-corrected chi connectivity index (χ1v) is 6.60. The second-order valence-electron chi connectivity index (χ2n) is 4.91. The molecule has 0 aliphatic rings. The predicted octanol–water partition coefficient (Wildman–Crippen LogP) is 4.05. The third-order valence-electron chi connectivity index (χ3n) is 3.36. The number of anilines is 1. The first kappa shape index (κ1) is 14.7. The first-order chi connectivity index (χ1) is 9.97. The van der Waals surface area contributed by atoms with Gasteiger partial charge in [0.1, 0.15) is 0 Å². The van der Waals surface area contributed by atoms with Crippen molar-refractivity contribution in [1.82, 2.24) is 0 Å². The lowest BCUT2D eigenvalue weighted by Crippen LogP contribution is -2.00. The molecule has 0 amide bonds. The Hall–Kier alpha value is -2.69. The Labute approximate surface area is 123 Å². The van der Waals surface area contributed by atoms with Crippen molar-refractivity contribution in [2.75, 3.05) is 5.43 Å². The van der Waals surface area contributed by atoms with Gasteiger partial charge in [0, 0.05) is 12.1 Å². The lowest BCUT2D eigenvalue weighted by molar-refractivity contribution is -0.384. The maximum atomic E-state index is 10.6. The fourth-order valence-corrected chi connectivity index (χ4v) is 1.84. The Balaban J connectivity index is 2.12. The Morgan fingerprint density at radius 1 is 1.10 bits per heavy atom. The molecule has 0 atom stereocenters. The zero-order valence-electron chi connectivity index (χ0n) is 12.3. The number of benzene rings is 2. The van der Waals surface area contributed by atoms with Gasteiger partial charge in [0.15, 0.2) is 0 Å². The predicted molar refractivity (Wildman–Crippen MR) is 84.8 cm³/mol. The van der Waals surface area contributed by atoms with Gasteiger partial charge in [-0.3, -0.25) is 15.5 Å². The minimum absolute atomic E-state index is 0.0652. The number of hydrogen-bond donors (Lipinski definition) is 1. The molecule has 2 aromatic rings. The highest BCUT2D eigenvalue weighted by molar-refractivity contribution is 5.99. The molecule has 5 heteroatoms. The van der Waals surface area contributed by atoms with E-state index in [1.807, 2.05) is 13.0 Å². The second-order valence-corrected chi connectivity index (χ2v) is 4.91. The van der Waals surface area contributed by atoms with Crippen molar-refractivity contribution in [3.05, 3.63) is 69.3 Å². The van der Waals surface area contributed by atoms with Crippen LogP contribution in [-0.4, -0.2) is 10.6 Å². The third-order valence-corrected chi connectivity index (χ3v) is 3.36. The van der Waals surface area contributed by atoms with Crippen molar-refractivity contribution in [3.63, 3.8) is 0 Å². The number of hydrazone groups is 1. The van der Waals surface area contributed by atoms with Gasteiger partial charge in [0.2, 0.25) is 0 Å². The number of rotatable bonds is 4. The van der Waals surface area contributed by atoms with Crippen LogP contribution in [0.15, 0.2) is 47.6 Å². The molecule has 0 saturated carbocycles. The summed E-state index contributed by atoms with van der Waals surface area (Å²) in [6, 6.07) is 12.3. The molecule has 0 radical (unpaired) electrons. The molecule has 2 aromatic carbocycles. The molecule has 0 unspecified atom stereocenters. The summed E-state index contributed by atoms with van der Waals surface area (Å²) in [6.07, 6.45) is 0. The van der Waals surface area contributed by atoms with Crippen LogP contribution in [0.25, 0.3) is 0 Å². The quantitative estimate of drug-likeness (QED) is 0.523. The van der Waals surface area contributed by atoms with Gasteiger partial charge in [-0.2, -0.15) is 5.10 Å². The van der Waals surface area contributed by atoms with Crippen LogP contribution in [-0.2, 0) is 0 Å². The summed E-state index contributed by atoms with van der Waals surface area (Å²) in [4.78, 5) is 10.2. The molecule has 0 fully saturated rings. The van der Waals surface area contributed by atoms with E-state index in [1.54, 1.807) is 12.1 Å². The molecular weight excluding hydrogens is 266 g/mol. The summed E-state index contributed by atoms with van der Waals surface area (Å²) >= 11 is 0. The SMILES string of the molecule is C/C(=N\Nc1ccc([N+](=O)[O-])cc1)c1ccc(C)c(C)c1. The van der Waals surface area contributed by atoms with E-state index in [-0.39, 0.29) is 5.69 Å². The van der Waals surface area contributed by atoms with Gasteiger partial charge < -0.3 is 0 Å². The minimum atomic E-state index is -0.423. The van der Waals surface area contributed by atoms with E-state index in [0.29, 0.717) is 5.69 Å². The highest BCUT2D eigenvalue weighted by Crippen LogP contribution is 2.16. The molecule has 1 N–H and O–H groups in total. The van der Waals surface area contributed by atoms with Crippen LogP contribution in [0.3, 0.4) is 0 Å².